The summed E-state index contributed by atoms with van der Waals surface area (Å²) in [6.07, 6.45) is 5.63. The van der Waals surface area contributed by atoms with Crippen molar-refractivity contribution in [3.8, 4) is 0 Å². The molecule has 2 unspecified atom stereocenters. The molecule has 1 fully saturated rings. The van der Waals surface area contributed by atoms with E-state index in [4.69, 9.17) is 9.47 Å². The van der Waals surface area contributed by atoms with Gasteiger partial charge < -0.3 is 14.4 Å². The summed E-state index contributed by atoms with van der Waals surface area (Å²) in [5, 5.41) is 3.27. The molecule has 1 saturated heterocycles. The van der Waals surface area contributed by atoms with Gasteiger partial charge in [0.05, 0.1) is 19.3 Å². The molecule has 1 aromatic carbocycles. The Kier molecular flexibility index (Phi) is 11.1. The molecule has 7 nitrogen and oxygen atoms in total. The van der Waals surface area contributed by atoms with Gasteiger partial charge in [0.25, 0.3) is 0 Å². The Labute approximate surface area is 185 Å². The highest BCUT2D eigenvalue weighted by Gasteiger charge is 2.31. The summed E-state index contributed by atoms with van der Waals surface area (Å²) in [7, 11) is 0. The van der Waals surface area contributed by atoms with E-state index in [1.54, 1.807) is 18.7 Å². The summed E-state index contributed by atoms with van der Waals surface area (Å²) in [6.45, 7) is 4.56. The van der Waals surface area contributed by atoms with Crippen LogP contribution in [0, 0.1) is 0 Å². The van der Waals surface area contributed by atoms with E-state index < -0.39 is 18.1 Å². The fourth-order valence-corrected chi connectivity index (χ4v) is 3.84. The number of rotatable bonds is 10. The van der Waals surface area contributed by atoms with Crippen LogP contribution in [0.4, 0.5) is 0 Å². The van der Waals surface area contributed by atoms with Crippen LogP contribution in [0.25, 0.3) is 0 Å². The molecule has 0 bridgehead atoms. The van der Waals surface area contributed by atoms with Crippen LogP contribution in [0.1, 0.15) is 57.9 Å². The van der Waals surface area contributed by atoms with Gasteiger partial charge in [-0.2, -0.15) is 0 Å². The Morgan fingerprint density at radius 2 is 1.77 bits per heavy atom. The third-order valence-electron chi connectivity index (χ3n) is 5.44. The minimum absolute atomic E-state index is 0.0566. The summed E-state index contributed by atoms with van der Waals surface area (Å²) >= 11 is 0. The topological polar surface area (TPSA) is 84.9 Å². The number of nitrogens with zero attached hydrogens (tertiary/aromatic N) is 1. The van der Waals surface area contributed by atoms with Crippen LogP contribution >= 0.6 is 0 Å². The average Bonchev–Trinajstić information content (AvgIpc) is 2.84. The van der Waals surface area contributed by atoms with Gasteiger partial charge in [-0.1, -0.05) is 49.6 Å². The molecule has 7 heteroatoms. The van der Waals surface area contributed by atoms with Crippen molar-refractivity contribution in [1.29, 1.82) is 0 Å². The smallest absolute Gasteiger partial charge is 0.325 e. The number of ether oxygens (including phenoxy) is 2. The standard InChI is InChI=1S/C24H36N2O5/c1-3-30-22(27)18-26-17-11-6-5-10-14-20(23(26)28)25-21(24(29)31-4-2)16-15-19-12-8-7-9-13-19/h7-9,12-13,20-21,25H,3-6,10-11,14-18H2,1-2H3. The fraction of sp³-hybridized carbons (Fsp3) is 0.625. The maximum Gasteiger partial charge on any atom is 0.325 e. The Bertz CT molecular complexity index is 694. The minimum Gasteiger partial charge on any atom is -0.465 e. The van der Waals surface area contributed by atoms with Crippen molar-refractivity contribution in [3.05, 3.63) is 35.9 Å². The molecule has 1 heterocycles. The van der Waals surface area contributed by atoms with Crippen molar-refractivity contribution in [1.82, 2.24) is 10.2 Å². The summed E-state index contributed by atoms with van der Waals surface area (Å²) in [5.74, 6) is -0.896. The van der Waals surface area contributed by atoms with E-state index in [-0.39, 0.29) is 31.6 Å². The quantitative estimate of drug-likeness (QED) is 0.573. The number of aryl methyl sites for hydroxylation is 1. The molecule has 31 heavy (non-hydrogen) atoms. The van der Waals surface area contributed by atoms with E-state index in [1.165, 1.54) is 0 Å². The number of carbonyl (C=O) groups is 3. The van der Waals surface area contributed by atoms with Gasteiger partial charge in [-0.15, -0.1) is 0 Å². The number of carbonyl (C=O) groups excluding carboxylic acids is 3. The number of hydrogen-bond donors (Lipinski definition) is 1. The summed E-state index contributed by atoms with van der Waals surface area (Å²) in [6, 6.07) is 8.83. The van der Waals surface area contributed by atoms with Gasteiger partial charge in [-0.25, -0.2) is 0 Å². The molecule has 0 aliphatic carbocycles. The maximum atomic E-state index is 13.3. The molecule has 0 aromatic heterocycles. The zero-order valence-corrected chi connectivity index (χ0v) is 18.8. The lowest BCUT2D eigenvalue weighted by atomic mass is 10.0. The van der Waals surface area contributed by atoms with E-state index in [0.29, 0.717) is 25.8 Å². The van der Waals surface area contributed by atoms with E-state index >= 15 is 0 Å². The highest BCUT2D eigenvalue weighted by atomic mass is 16.5. The third-order valence-corrected chi connectivity index (χ3v) is 5.44. The lowest BCUT2D eigenvalue weighted by Crippen LogP contribution is -2.53. The van der Waals surface area contributed by atoms with Crippen LogP contribution in [0.15, 0.2) is 30.3 Å². The first-order valence-corrected chi connectivity index (χ1v) is 11.5. The van der Waals surface area contributed by atoms with Gasteiger partial charge >= 0.3 is 11.9 Å². The lowest BCUT2D eigenvalue weighted by Gasteiger charge is -2.29. The Hall–Kier alpha value is -2.41. The van der Waals surface area contributed by atoms with Crippen molar-refractivity contribution in [2.75, 3.05) is 26.3 Å². The molecule has 1 N–H and O–H groups in total. The van der Waals surface area contributed by atoms with Gasteiger partial charge in [0, 0.05) is 6.54 Å². The largest absolute Gasteiger partial charge is 0.465 e. The molecule has 0 radical (unpaired) electrons. The molecule has 2 atom stereocenters. The van der Waals surface area contributed by atoms with Gasteiger partial charge in [0.15, 0.2) is 0 Å². The Morgan fingerprint density at radius 3 is 2.48 bits per heavy atom. The highest BCUT2D eigenvalue weighted by molar-refractivity contribution is 5.86. The summed E-state index contributed by atoms with van der Waals surface area (Å²) in [5.41, 5.74) is 1.13. The monoisotopic (exact) mass is 432 g/mol. The van der Waals surface area contributed by atoms with Crippen LogP contribution in [-0.4, -0.2) is 61.1 Å². The van der Waals surface area contributed by atoms with Crippen molar-refractivity contribution < 1.29 is 23.9 Å². The molecule has 1 aromatic rings. The van der Waals surface area contributed by atoms with Crippen LogP contribution < -0.4 is 5.32 Å². The van der Waals surface area contributed by atoms with Gasteiger partial charge in [0.1, 0.15) is 12.6 Å². The van der Waals surface area contributed by atoms with Crippen molar-refractivity contribution in [2.45, 2.75) is 70.9 Å². The van der Waals surface area contributed by atoms with E-state index in [2.05, 4.69) is 5.32 Å². The van der Waals surface area contributed by atoms with Gasteiger partial charge in [-0.05, 0) is 45.1 Å². The zero-order chi connectivity index (χ0) is 22.5. The van der Waals surface area contributed by atoms with Crippen molar-refractivity contribution in [3.63, 3.8) is 0 Å². The molecule has 2 rings (SSSR count). The number of benzene rings is 1. The predicted octanol–water partition coefficient (Wildman–Crippen LogP) is 2.86. The number of nitrogens with one attached hydrogen (secondary N) is 1. The zero-order valence-electron chi connectivity index (χ0n) is 18.8. The van der Waals surface area contributed by atoms with Crippen molar-refractivity contribution in [2.24, 2.45) is 0 Å². The normalized spacial score (nSPS) is 18.5. The van der Waals surface area contributed by atoms with E-state index in [0.717, 1.165) is 31.2 Å². The fourth-order valence-electron chi connectivity index (χ4n) is 3.84. The molecular weight excluding hydrogens is 396 g/mol. The second-order valence-electron chi connectivity index (χ2n) is 7.82. The van der Waals surface area contributed by atoms with Crippen LogP contribution in [0.2, 0.25) is 0 Å². The second-order valence-corrected chi connectivity index (χ2v) is 7.82. The van der Waals surface area contributed by atoms with Crippen LogP contribution in [0.5, 0.6) is 0 Å². The molecule has 1 amide bonds. The second kappa shape index (κ2) is 13.8. The minimum atomic E-state index is -0.584. The summed E-state index contributed by atoms with van der Waals surface area (Å²) in [4.78, 5) is 39.5. The SMILES string of the molecule is CCOC(=O)CN1CCCCCCC(NC(CCc2ccccc2)C(=O)OCC)C1=O. The molecular formula is C24H36N2O5. The van der Waals surface area contributed by atoms with Crippen LogP contribution in [-0.2, 0) is 30.3 Å². The average molecular weight is 433 g/mol. The number of esters is 2. The molecule has 172 valence electrons. The number of amides is 1. The van der Waals surface area contributed by atoms with Gasteiger partial charge in [-0.3, -0.25) is 19.7 Å². The maximum absolute atomic E-state index is 13.3. The first-order chi connectivity index (χ1) is 15.0. The molecule has 0 spiro atoms. The third kappa shape index (κ3) is 8.69. The Morgan fingerprint density at radius 1 is 1.06 bits per heavy atom. The van der Waals surface area contributed by atoms with Crippen molar-refractivity contribution >= 4 is 17.8 Å². The lowest BCUT2D eigenvalue weighted by molar-refractivity contribution is -0.151. The number of hydrogen-bond acceptors (Lipinski definition) is 6. The predicted molar refractivity (Wildman–Crippen MR) is 118 cm³/mol. The molecule has 1 aliphatic rings. The summed E-state index contributed by atoms with van der Waals surface area (Å²) < 4.78 is 10.3. The highest BCUT2D eigenvalue weighted by Crippen LogP contribution is 2.15. The molecule has 0 saturated carbocycles. The van der Waals surface area contributed by atoms with Crippen LogP contribution in [0.3, 0.4) is 0 Å². The molecule has 1 aliphatic heterocycles. The van der Waals surface area contributed by atoms with E-state index in [1.807, 2.05) is 30.3 Å². The van der Waals surface area contributed by atoms with Gasteiger partial charge in [0.2, 0.25) is 5.91 Å². The first kappa shape index (κ1) is 24.9. The van der Waals surface area contributed by atoms with E-state index in [9.17, 15) is 14.4 Å². The first-order valence-electron chi connectivity index (χ1n) is 11.5. The Balaban J connectivity index is 2.11.